The number of carbonyl (C=O) groups excluding carboxylic acids is 3. The predicted molar refractivity (Wildman–Crippen MR) is 162 cm³/mol. The van der Waals surface area contributed by atoms with Crippen LogP contribution in [0.3, 0.4) is 0 Å². The number of aliphatic hydroxyl groups is 1. The molecule has 0 aromatic rings. The van der Waals surface area contributed by atoms with E-state index in [1.807, 2.05) is 46.8 Å². The van der Waals surface area contributed by atoms with Gasteiger partial charge in [-0.1, -0.05) is 81.0 Å². The second kappa shape index (κ2) is 18.2. The lowest BCUT2D eigenvalue weighted by atomic mass is 9.86. The van der Waals surface area contributed by atoms with Crippen molar-refractivity contribution in [1.29, 1.82) is 0 Å². The SMILES string of the molecule is COC1=CC[C@@H]([C@@H](C)/C=C(C)/C=C\C#CCCC(=O)NC(C(=O)N/C=C\C[C@@H](O)C/C=C(\C)Cl)C(C)(C)C)OC1=O. The number of cyclic esters (lactones) is 1. The van der Waals surface area contributed by atoms with Crippen LogP contribution in [-0.4, -0.2) is 48.2 Å². The van der Waals surface area contributed by atoms with Crippen LogP contribution in [0.1, 0.15) is 73.6 Å². The number of rotatable bonds is 13. The van der Waals surface area contributed by atoms with Gasteiger partial charge in [0.15, 0.2) is 5.76 Å². The topological polar surface area (TPSA) is 114 Å². The molecule has 9 heteroatoms. The molecule has 0 aliphatic carbocycles. The summed E-state index contributed by atoms with van der Waals surface area (Å²) in [5.74, 6) is 5.09. The fourth-order valence-electron chi connectivity index (χ4n) is 3.85. The van der Waals surface area contributed by atoms with Gasteiger partial charge in [-0.3, -0.25) is 9.59 Å². The highest BCUT2D eigenvalue weighted by Gasteiger charge is 2.32. The molecule has 0 saturated carbocycles. The second-order valence-corrected chi connectivity index (χ2v) is 11.7. The fraction of sp³-hybridized carbons (Fsp3) is 0.531. The summed E-state index contributed by atoms with van der Waals surface area (Å²) in [5, 5.41) is 16.0. The molecular weight excluding hydrogens is 544 g/mol. The Balaban J connectivity index is 2.53. The number of carbonyl (C=O) groups is 3. The number of hydrogen-bond acceptors (Lipinski definition) is 6. The number of amides is 2. The van der Waals surface area contributed by atoms with Gasteiger partial charge in [0.2, 0.25) is 11.8 Å². The molecule has 0 aromatic carbocycles. The van der Waals surface area contributed by atoms with Gasteiger partial charge in [0.25, 0.3) is 0 Å². The summed E-state index contributed by atoms with van der Waals surface area (Å²) in [6.45, 7) is 11.3. The van der Waals surface area contributed by atoms with Crippen LogP contribution in [-0.2, 0) is 23.9 Å². The first-order valence-electron chi connectivity index (χ1n) is 13.8. The zero-order valence-corrected chi connectivity index (χ0v) is 26.0. The van der Waals surface area contributed by atoms with Gasteiger partial charge < -0.3 is 25.2 Å². The standard InChI is InChI=1S/C32H45ClN2O6/c1-22(21-23(2)26-18-19-27(40-7)31(39)41-26)13-10-8-9-11-15-28(37)35-29(32(4,5)6)30(38)34-20-12-14-25(36)17-16-24(3)33/h10,12-13,16,19-21,23,25-26,29,36H,11,14-15,17-18H2,1-7H3,(H,34,38)(H,35,37)/b13-10-,20-12-,22-21+,24-16+/t23-,25+,26-,29?/m0/s1. The van der Waals surface area contributed by atoms with Crippen LogP contribution in [0.5, 0.6) is 0 Å². The molecule has 41 heavy (non-hydrogen) atoms. The van der Waals surface area contributed by atoms with E-state index in [0.717, 1.165) is 5.57 Å². The maximum Gasteiger partial charge on any atom is 0.373 e. The van der Waals surface area contributed by atoms with Crippen molar-refractivity contribution in [1.82, 2.24) is 10.6 Å². The van der Waals surface area contributed by atoms with Crippen LogP contribution in [0.15, 0.2) is 59.0 Å². The van der Waals surface area contributed by atoms with Gasteiger partial charge in [0, 0.05) is 30.2 Å². The number of aliphatic hydroxyl groups excluding tert-OH is 1. The number of ether oxygens (including phenoxy) is 2. The quantitative estimate of drug-likeness (QED) is 0.155. The molecule has 0 bridgehead atoms. The minimum absolute atomic E-state index is 0.0211. The Morgan fingerprint density at radius 1 is 1.29 bits per heavy atom. The molecule has 3 N–H and O–H groups in total. The van der Waals surface area contributed by atoms with Crippen LogP contribution < -0.4 is 10.6 Å². The molecule has 226 valence electrons. The summed E-state index contributed by atoms with van der Waals surface area (Å²) in [6.07, 6.45) is 13.3. The van der Waals surface area contributed by atoms with Gasteiger partial charge in [0.1, 0.15) is 12.1 Å². The third-order valence-corrected chi connectivity index (χ3v) is 6.35. The Hall–Kier alpha value is -3.28. The van der Waals surface area contributed by atoms with Crippen LogP contribution in [0.4, 0.5) is 0 Å². The van der Waals surface area contributed by atoms with Gasteiger partial charge in [-0.25, -0.2) is 4.79 Å². The molecular formula is C32H45ClN2O6. The van der Waals surface area contributed by atoms with Crippen LogP contribution in [0.25, 0.3) is 0 Å². The normalized spacial score (nSPS) is 18.6. The highest BCUT2D eigenvalue weighted by atomic mass is 35.5. The van der Waals surface area contributed by atoms with E-state index in [0.29, 0.717) is 30.7 Å². The molecule has 0 spiro atoms. The minimum Gasteiger partial charge on any atom is -0.490 e. The first kappa shape index (κ1) is 35.7. The van der Waals surface area contributed by atoms with E-state index in [-0.39, 0.29) is 36.0 Å². The lowest BCUT2D eigenvalue weighted by molar-refractivity contribution is -0.151. The molecule has 1 rings (SSSR count). The van der Waals surface area contributed by atoms with Crippen molar-refractivity contribution < 1.29 is 29.0 Å². The Morgan fingerprint density at radius 3 is 2.61 bits per heavy atom. The predicted octanol–water partition coefficient (Wildman–Crippen LogP) is 5.20. The lowest BCUT2D eigenvalue weighted by Crippen LogP contribution is -2.52. The summed E-state index contributed by atoms with van der Waals surface area (Å²) in [6, 6.07) is -0.742. The average Bonchev–Trinajstić information content (AvgIpc) is 2.89. The summed E-state index contributed by atoms with van der Waals surface area (Å²) in [7, 11) is 1.45. The molecule has 1 aliphatic rings. The van der Waals surface area contributed by atoms with Crippen molar-refractivity contribution in [3.8, 4) is 11.8 Å². The first-order chi connectivity index (χ1) is 19.2. The van der Waals surface area contributed by atoms with Crippen molar-refractivity contribution >= 4 is 29.4 Å². The zero-order valence-electron chi connectivity index (χ0n) is 25.3. The van der Waals surface area contributed by atoms with Crippen molar-refractivity contribution in [2.75, 3.05) is 7.11 Å². The van der Waals surface area contributed by atoms with E-state index in [1.165, 1.54) is 13.3 Å². The van der Waals surface area contributed by atoms with E-state index in [4.69, 9.17) is 21.1 Å². The Labute approximate surface area is 250 Å². The molecule has 1 aliphatic heterocycles. The Bertz CT molecular complexity index is 1110. The molecule has 1 heterocycles. The smallest absolute Gasteiger partial charge is 0.373 e. The molecule has 4 atom stereocenters. The van der Waals surface area contributed by atoms with E-state index in [9.17, 15) is 19.5 Å². The van der Waals surface area contributed by atoms with Gasteiger partial charge >= 0.3 is 5.97 Å². The van der Waals surface area contributed by atoms with E-state index < -0.39 is 23.5 Å². The highest BCUT2D eigenvalue weighted by molar-refractivity contribution is 6.29. The van der Waals surface area contributed by atoms with Crippen molar-refractivity contribution in [2.24, 2.45) is 11.3 Å². The summed E-state index contributed by atoms with van der Waals surface area (Å²) in [5.41, 5.74) is 0.468. The molecule has 0 radical (unpaired) electrons. The summed E-state index contributed by atoms with van der Waals surface area (Å²) >= 11 is 5.77. The number of methoxy groups -OCH3 is 1. The third-order valence-electron chi connectivity index (χ3n) is 6.19. The number of esters is 1. The number of hydrogen-bond donors (Lipinski definition) is 3. The van der Waals surface area contributed by atoms with Gasteiger partial charge in [0.05, 0.1) is 13.2 Å². The van der Waals surface area contributed by atoms with E-state index >= 15 is 0 Å². The molecule has 0 aromatic heterocycles. The maximum atomic E-state index is 12.7. The van der Waals surface area contributed by atoms with Crippen LogP contribution in [0.2, 0.25) is 0 Å². The van der Waals surface area contributed by atoms with Crippen molar-refractivity contribution in [3.63, 3.8) is 0 Å². The first-order valence-corrected chi connectivity index (χ1v) is 14.2. The van der Waals surface area contributed by atoms with Gasteiger partial charge in [-0.05, 0) is 50.5 Å². The molecule has 0 saturated heterocycles. The Morgan fingerprint density at radius 2 is 2.00 bits per heavy atom. The largest absolute Gasteiger partial charge is 0.490 e. The average molecular weight is 589 g/mol. The maximum absolute atomic E-state index is 12.7. The van der Waals surface area contributed by atoms with Gasteiger partial charge in [-0.15, -0.1) is 0 Å². The Kier molecular flexibility index (Phi) is 15.9. The van der Waals surface area contributed by atoms with Crippen molar-refractivity contribution in [2.45, 2.75) is 91.9 Å². The molecule has 1 unspecified atom stereocenters. The second-order valence-electron chi connectivity index (χ2n) is 11.1. The highest BCUT2D eigenvalue weighted by Crippen LogP contribution is 2.23. The monoisotopic (exact) mass is 588 g/mol. The number of halogens is 1. The number of nitrogens with one attached hydrogen (secondary N) is 2. The molecule has 0 fully saturated rings. The van der Waals surface area contributed by atoms with Crippen LogP contribution >= 0.6 is 11.6 Å². The van der Waals surface area contributed by atoms with E-state index in [1.54, 1.807) is 31.2 Å². The van der Waals surface area contributed by atoms with E-state index in [2.05, 4.69) is 22.5 Å². The molecule has 2 amide bonds. The van der Waals surface area contributed by atoms with Crippen LogP contribution in [0, 0.1) is 23.2 Å². The summed E-state index contributed by atoms with van der Waals surface area (Å²) < 4.78 is 10.4. The number of allylic oxidation sites excluding steroid dienone is 4. The third kappa shape index (κ3) is 14.8. The van der Waals surface area contributed by atoms with Gasteiger partial charge in [-0.2, -0.15) is 0 Å². The molecule has 8 nitrogen and oxygen atoms in total. The van der Waals surface area contributed by atoms with Crippen molar-refractivity contribution in [3.05, 3.63) is 59.0 Å². The zero-order chi connectivity index (χ0) is 31.0. The minimum atomic E-state index is -0.742. The lowest BCUT2D eigenvalue weighted by Gasteiger charge is -2.29. The summed E-state index contributed by atoms with van der Waals surface area (Å²) in [4.78, 5) is 37.1. The fourth-order valence-corrected chi connectivity index (χ4v) is 3.94.